The van der Waals surface area contributed by atoms with Crippen LogP contribution in [0.1, 0.15) is 23.1 Å². The minimum atomic E-state index is -0.549. The Morgan fingerprint density at radius 1 is 0.750 bits per heavy atom. The van der Waals surface area contributed by atoms with Crippen molar-refractivity contribution >= 4 is 22.6 Å². The van der Waals surface area contributed by atoms with E-state index in [1.165, 1.54) is 0 Å². The van der Waals surface area contributed by atoms with Gasteiger partial charge in [0.2, 0.25) is 0 Å². The Balaban J connectivity index is 1.35. The lowest BCUT2D eigenvalue weighted by Gasteiger charge is -2.30. The van der Waals surface area contributed by atoms with Crippen LogP contribution in [-0.2, 0) is 43.5 Å². The topological polar surface area (TPSA) is 46.2 Å². The molecule has 6 heteroatoms. The zero-order chi connectivity index (χ0) is 24.6. The van der Waals surface area contributed by atoms with Gasteiger partial charge in [0.05, 0.1) is 39.1 Å². The molecule has 0 unspecified atom stereocenters. The van der Waals surface area contributed by atoms with E-state index in [4.69, 9.17) is 23.7 Å². The molecule has 3 aromatic carbocycles. The third kappa shape index (κ3) is 6.36. The molecule has 1 spiro atoms. The highest BCUT2D eigenvalue weighted by molar-refractivity contribution is 14.1. The summed E-state index contributed by atoms with van der Waals surface area (Å²) >= 11 is 2.38. The molecule has 0 saturated carbocycles. The Morgan fingerprint density at radius 3 is 1.86 bits per heavy atom. The van der Waals surface area contributed by atoms with Crippen molar-refractivity contribution in [3.05, 3.63) is 108 Å². The molecule has 0 aliphatic carbocycles. The molecule has 36 heavy (non-hydrogen) atoms. The first kappa shape index (κ1) is 25.8. The van der Waals surface area contributed by atoms with E-state index >= 15 is 0 Å². The van der Waals surface area contributed by atoms with E-state index in [1.807, 2.05) is 54.6 Å². The standard InChI is InChI=1S/C30H33IO5/c31-17-26-16-30(22-35-26)29(34-20-25-14-8-3-9-15-25)28(33-19-24-12-6-2-7-13-24)27(36-30)21-32-18-23-10-4-1-5-11-23/h1-15,26-29H,16-22H2/t26-,27-,28-,29+,30+/m1/s1. The molecule has 2 saturated heterocycles. The van der Waals surface area contributed by atoms with Gasteiger partial charge in [0, 0.05) is 10.8 Å². The summed E-state index contributed by atoms with van der Waals surface area (Å²) in [5.74, 6) is 0. The second-order valence-corrected chi connectivity index (χ2v) is 10.4. The highest BCUT2D eigenvalue weighted by Crippen LogP contribution is 2.44. The van der Waals surface area contributed by atoms with Gasteiger partial charge in [0.15, 0.2) is 0 Å². The van der Waals surface area contributed by atoms with Crippen LogP contribution in [0.25, 0.3) is 0 Å². The maximum atomic E-state index is 6.78. The summed E-state index contributed by atoms with van der Waals surface area (Å²) < 4.78 is 33.2. The lowest BCUT2D eigenvalue weighted by atomic mass is 9.91. The summed E-state index contributed by atoms with van der Waals surface area (Å²) in [5.41, 5.74) is 2.84. The van der Waals surface area contributed by atoms with E-state index in [2.05, 4.69) is 59.0 Å². The monoisotopic (exact) mass is 600 g/mol. The van der Waals surface area contributed by atoms with Gasteiger partial charge in [-0.3, -0.25) is 0 Å². The van der Waals surface area contributed by atoms with Gasteiger partial charge in [0.25, 0.3) is 0 Å². The van der Waals surface area contributed by atoms with Crippen molar-refractivity contribution in [2.75, 3.05) is 17.6 Å². The fraction of sp³-hybridized carbons (Fsp3) is 0.400. The second kappa shape index (κ2) is 12.6. The molecule has 2 heterocycles. The fourth-order valence-corrected chi connectivity index (χ4v) is 5.60. The van der Waals surface area contributed by atoms with Crippen molar-refractivity contribution in [3.63, 3.8) is 0 Å². The summed E-state index contributed by atoms with van der Waals surface area (Å²) in [6.07, 6.45) is 0.137. The van der Waals surface area contributed by atoms with Gasteiger partial charge in [-0.2, -0.15) is 0 Å². The predicted octanol–water partition coefficient (Wildman–Crippen LogP) is 5.74. The van der Waals surface area contributed by atoms with Gasteiger partial charge < -0.3 is 23.7 Å². The summed E-state index contributed by atoms with van der Waals surface area (Å²) in [6.45, 7) is 2.44. The van der Waals surface area contributed by atoms with Crippen LogP contribution in [0.4, 0.5) is 0 Å². The average molecular weight is 600 g/mol. The molecule has 190 valence electrons. The molecular weight excluding hydrogens is 567 g/mol. The van der Waals surface area contributed by atoms with E-state index in [9.17, 15) is 0 Å². The van der Waals surface area contributed by atoms with Crippen LogP contribution in [0.3, 0.4) is 0 Å². The van der Waals surface area contributed by atoms with Gasteiger partial charge in [-0.1, -0.05) is 114 Å². The van der Waals surface area contributed by atoms with Crippen molar-refractivity contribution in [2.45, 2.75) is 56.3 Å². The molecule has 0 N–H and O–H groups in total. The van der Waals surface area contributed by atoms with Gasteiger partial charge in [0.1, 0.15) is 23.9 Å². The summed E-state index contributed by atoms with van der Waals surface area (Å²) in [5, 5.41) is 0. The number of rotatable bonds is 11. The molecule has 5 atom stereocenters. The first-order valence-corrected chi connectivity index (χ1v) is 14.1. The van der Waals surface area contributed by atoms with Gasteiger partial charge in [-0.05, 0) is 16.7 Å². The van der Waals surface area contributed by atoms with E-state index in [1.54, 1.807) is 0 Å². The van der Waals surface area contributed by atoms with Crippen LogP contribution in [-0.4, -0.2) is 47.7 Å². The first-order valence-electron chi connectivity index (χ1n) is 12.5. The maximum absolute atomic E-state index is 6.78. The molecule has 2 aliphatic rings. The van der Waals surface area contributed by atoms with Crippen molar-refractivity contribution in [3.8, 4) is 0 Å². The summed E-state index contributed by atoms with van der Waals surface area (Å²) in [6, 6.07) is 30.7. The SMILES string of the molecule is IC[C@H]1C[C@@]2(CO1)O[C@H](COCc1ccccc1)[C@@H](OCc1ccccc1)[C@@H]2OCc1ccccc1. The van der Waals surface area contributed by atoms with Crippen molar-refractivity contribution in [1.82, 2.24) is 0 Å². The lowest BCUT2D eigenvalue weighted by Crippen LogP contribution is -2.46. The highest BCUT2D eigenvalue weighted by atomic mass is 127. The Kier molecular flexibility index (Phi) is 9.06. The Labute approximate surface area is 227 Å². The van der Waals surface area contributed by atoms with Crippen LogP contribution in [0.2, 0.25) is 0 Å². The number of ether oxygens (including phenoxy) is 5. The van der Waals surface area contributed by atoms with Crippen molar-refractivity contribution in [1.29, 1.82) is 0 Å². The van der Waals surface area contributed by atoms with Crippen LogP contribution in [0.15, 0.2) is 91.0 Å². The Hall–Kier alpha value is -1.81. The smallest absolute Gasteiger partial charge is 0.123 e. The predicted molar refractivity (Wildman–Crippen MR) is 147 cm³/mol. The molecule has 5 rings (SSSR count). The average Bonchev–Trinajstić information content (AvgIpc) is 3.48. The van der Waals surface area contributed by atoms with Crippen LogP contribution in [0, 0.1) is 0 Å². The molecule has 0 radical (unpaired) electrons. The quantitative estimate of drug-likeness (QED) is 0.208. The van der Waals surface area contributed by atoms with Crippen LogP contribution < -0.4 is 0 Å². The maximum Gasteiger partial charge on any atom is 0.123 e. The number of alkyl halides is 1. The minimum absolute atomic E-state index is 0.146. The molecule has 0 amide bonds. The van der Waals surface area contributed by atoms with E-state index in [-0.39, 0.29) is 24.4 Å². The third-order valence-corrected chi connectivity index (χ3v) is 7.81. The summed E-state index contributed by atoms with van der Waals surface area (Å²) in [7, 11) is 0. The Morgan fingerprint density at radius 2 is 1.31 bits per heavy atom. The number of hydrogen-bond donors (Lipinski definition) is 0. The number of halogens is 1. The fourth-order valence-electron chi connectivity index (χ4n) is 5.04. The summed E-state index contributed by atoms with van der Waals surface area (Å²) in [4.78, 5) is 0. The second-order valence-electron chi connectivity index (χ2n) is 9.49. The molecule has 2 fully saturated rings. The highest BCUT2D eigenvalue weighted by Gasteiger charge is 2.60. The van der Waals surface area contributed by atoms with Crippen molar-refractivity contribution < 1.29 is 23.7 Å². The van der Waals surface area contributed by atoms with Crippen LogP contribution in [0.5, 0.6) is 0 Å². The van der Waals surface area contributed by atoms with E-state index in [0.29, 0.717) is 33.0 Å². The lowest BCUT2D eigenvalue weighted by molar-refractivity contribution is -0.120. The molecular formula is C30H33IO5. The van der Waals surface area contributed by atoms with Gasteiger partial charge >= 0.3 is 0 Å². The van der Waals surface area contributed by atoms with E-state index < -0.39 is 5.60 Å². The minimum Gasteiger partial charge on any atom is -0.374 e. The third-order valence-electron chi connectivity index (χ3n) is 6.83. The molecule has 0 bridgehead atoms. The zero-order valence-electron chi connectivity index (χ0n) is 20.3. The number of hydrogen-bond acceptors (Lipinski definition) is 5. The molecule has 0 aromatic heterocycles. The normalized spacial score (nSPS) is 27.6. The van der Waals surface area contributed by atoms with E-state index in [0.717, 1.165) is 27.5 Å². The zero-order valence-corrected chi connectivity index (χ0v) is 22.5. The number of benzene rings is 3. The largest absolute Gasteiger partial charge is 0.374 e. The van der Waals surface area contributed by atoms with Crippen LogP contribution >= 0.6 is 22.6 Å². The molecule has 3 aromatic rings. The molecule has 5 nitrogen and oxygen atoms in total. The van der Waals surface area contributed by atoms with Gasteiger partial charge in [-0.15, -0.1) is 0 Å². The first-order chi connectivity index (χ1) is 17.8. The van der Waals surface area contributed by atoms with Crippen molar-refractivity contribution in [2.24, 2.45) is 0 Å². The van der Waals surface area contributed by atoms with Gasteiger partial charge in [-0.25, -0.2) is 0 Å². The Bertz CT molecular complexity index is 1050. The molecule has 2 aliphatic heterocycles.